The van der Waals surface area contributed by atoms with Crippen LogP contribution < -0.4 is 5.32 Å². The maximum absolute atomic E-state index is 12.1. The Hall–Kier alpha value is -1.59. The average Bonchev–Trinajstić information content (AvgIpc) is 2.47. The molecule has 4 nitrogen and oxygen atoms in total. The molecule has 1 heterocycles. The van der Waals surface area contributed by atoms with Crippen molar-refractivity contribution in [2.24, 2.45) is 0 Å². The van der Waals surface area contributed by atoms with Gasteiger partial charge in [0.25, 0.3) is 0 Å². The van der Waals surface area contributed by atoms with Gasteiger partial charge in [0.1, 0.15) is 11.1 Å². The molecular formula is C17H16IN3OS. The van der Waals surface area contributed by atoms with Gasteiger partial charge in [0, 0.05) is 15.0 Å². The van der Waals surface area contributed by atoms with Gasteiger partial charge in [0.2, 0.25) is 5.91 Å². The fourth-order valence-electron chi connectivity index (χ4n) is 2.13. The Morgan fingerprint density at radius 3 is 2.70 bits per heavy atom. The molecule has 2 aromatic rings. The van der Waals surface area contributed by atoms with E-state index in [0.717, 1.165) is 26.1 Å². The monoisotopic (exact) mass is 437 g/mol. The van der Waals surface area contributed by atoms with E-state index in [-0.39, 0.29) is 11.7 Å². The van der Waals surface area contributed by atoms with E-state index in [1.807, 2.05) is 45.0 Å². The predicted molar refractivity (Wildman–Crippen MR) is 102 cm³/mol. The van der Waals surface area contributed by atoms with Crippen molar-refractivity contribution < 1.29 is 4.79 Å². The predicted octanol–water partition coefficient (Wildman–Crippen LogP) is 4.21. The SMILES string of the molecule is Cc1cc(C)c(C#N)c(SCC(=O)Nc2ccc(I)cc2C)n1. The van der Waals surface area contributed by atoms with E-state index >= 15 is 0 Å². The molecule has 0 radical (unpaired) electrons. The number of pyridine rings is 1. The molecule has 0 spiro atoms. The lowest BCUT2D eigenvalue weighted by atomic mass is 10.1. The number of aryl methyl sites for hydroxylation is 3. The molecule has 23 heavy (non-hydrogen) atoms. The van der Waals surface area contributed by atoms with Crippen LogP contribution in [0.3, 0.4) is 0 Å². The number of hydrogen-bond donors (Lipinski definition) is 1. The minimum absolute atomic E-state index is 0.107. The number of nitriles is 1. The topological polar surface area (TPSA) is 65.8 Å². The summed E-state index contributed by atoms with van der Waals surface area (Å²) < 4.78 is 1.13. The van der Waals surface area contributed by atoms with E-state index in [1.54, 1.807) is 0 Å². The Labute approximate surface area is 153 Å². The number of carbonyl (C=O) groups excluding carboxylic acids is 1. The highest BCUT2D eigenvalue weighted by molar-refractivity contribution is 14.1. The van der Waals surface area contributed by atoms with E-state index in [9.17, 15) is 10.1 Å². The van der Waals surface area contributed by atoms with Crippen molar-refractivity contribution >= 4 is 45.9 Å². The number of carbonyl (C=O) groups is 1. The maximum atomic E-state index is 12.1. The summed E-state index contributed by atoms with van der Waals surface area (Å²) in [5.41, 5.74) is 4.11. The van der Waals surface area contributed by atoms with Gasteiger partial charge in [-0.2, -0.15) is 5.26 Å². The summed E-state index contributed by atoms with van der Waals surface area (Å²) in [6.45, 7) is 5.73. The lowest BCUT2D eigenvalue weighted by Gasteiger charge is -2.10. The zero-order chi connectivity index (χ0) is 17.0. The quantitative estimate of drug-likeness (QED) is 0.575. The Kier molecular flexibility index (Phi) is 6.02. The lowest BCUT2D eigenvalue weighted by Crippen LogP contribution is -2.15. The molecule has 1 aromatic carbocycles. The lowest BCUT2D eigenvalue weighted by molar-refractivity contribution is -0.113. The minimum atomic E-state index is -0.107. The summed E-state index contributed by atoms with van der Waals surface area (Å²) in [6, 6.07) is 9.91. The first-order valence-corrected chi connectivity index (χ1v) is 9.04. The number of rotatable bonds is 4. The molecule has 0 fully saturated rings. The minimum Gasteiger partial charge on any atom is -0.325 e. The molecule has 1 aromatic heterocycles. The van der Waals surface area contributed by atoms with Gasteiger partial charge in [-0.3, -0.25) is 4.79 Å². The Balaban J connectivity index is 2.07. The molecule has 2 rings (SSSR count). The van der Waals surface area contributed by atoms with Crippen LogP contribution in [0.5, 0.6) is 0 Å². The van der Waals surface area contributed by atoms with Gasteiger partial charge >= 0.3 is 0 Å². The molecular weight excluding hydrogens is 421 g/mol. The molecule has 1 N–H and O–H groups in total. The molecule has 0 aliphatic heterocycles. The standard InChI is InChI=1S/C17H16IN3OS/c1-10-6-12(3)20-17(14(10)8-19)23-9-16(22)21-15-5-4-13(18)7-11(15)2/h4-7H,9H2,1-3H3,(H,21,22). The number of nitrogens with one attached hydrogen (secondary N) is 1. The first-order valence-electron chi connectivity index (χ1n) is 6.98. The summed E-state index contributed by atoms with van der Waals surface area (Å²) in [5, 5.41) is 12.8. The van der Waals surface area contributed by atoms with Crippen molar-refractivity contribution in [1.29, 1.82) is 5.26 Å². The van der Waals surface area contributed by atoms with Crippen LogP contribution in [0.2, 0.25) is 0 Å². The van der Waals surface area contributed by atoms with Crippen LogP contribution in [0.15, 0.2) is 29.3 Å². The second kappa shape index (κ2) is 7.79. The molecule has 0 aliphatic carbocycles. The first-order chi connectivity index (χ1) is 10.9. The van der Waals surface area contributed by atoms with Crippen LogP contribution in [0.4, 0.5) is 5.69 Å². The number of amides is 1. The number of anilines is 1. The van der Waals surface area contributed by atoms with Crippen LogP contribution >= 0.6 is 34.4 Å². The van der Waals surface area contributed by atoms with Gasteiger partial charge in [0.05, 0.1) is 11.3 Å². The average molecular weight is 437 g/mol. The number of halogens is 1. The Morgan fingerprint density at radius 2 is 2.04 bits per heavy atom. The number of benzene rings is 1. The van der Waals surface area contributed by atoms with E-state index in [1.165, 1.54) is 11.8 Å². The highest BCUT2D eigenvalue weighted by atomic mass is 127. The zero-order valence-electron chi connectivity index (χ0n) is 13.1. The molecule has 0 aliphatic rings. The third-order valence-electron chi connectivity index (χ3n) is 3.23. The van der Waals surface area contributed by atoms with Crippen molar-refractivity contribution in [1.82, 2.24) is 4.98 Å². The second-order valence-corrected chi connectivity index (χ2v) is 7.38. The number of aromatic nitrogens is 1. The third-order valence-corrected chi connectivity index (χ3v) is 4.87. The second-order valence-electron chi connectivity index (χ2n) is 5.17. The van der Waals surface area contributed by atoms with Crippen LogP contribution in [0, 0.1) is 35.7 Å². The van der Waals surface area contributed by atoms with E-state index in [0.29, 0.717) is 10.6 Å². The fraction of sp³-hybridized carbons (Fsp3) is 0.235. The highest BCUT2D eigenvalue weighted by Crippen LogP contribution is 2.24. The summed E-state index contributed by atoms with van der Waals surface area (Å²) in [4.78, 5) is 16.5. The Bertz CT molecular complexity index is 799. The smallest absolute Gasteiger partial charge is 0.234 e. The third kappa shape index (κ3) is 4.69. The van der Waals surface area contributed by atoms with Crippen LogP contribution in [0.1, 0.15) is 22.4 Å². The number of thioether (sulfide) groups is 1. The van der Waals surface area contributed by atoms with Crippen molar-refractivity contribution in [3.8, 4) is 6.07 Å². The summed E-state index contributed by atoms with van der Waals surface area (Å²) >= 11 is 3.53. The van der Waals surface area contributed by atoms with Crippen LogP contribution in [-0.2, 0) is 4.79 Å². The zero-order valence-corrected chi connectivity index (χ0v) is 16.1. The van der Waals surface area contributed by atoms with E-state index in [4.69, 9.17) is 0 Å². The molecule has 0 atom stereocenters. The van der Waals surface area contributed by atoms with Gasteiger partial charge in [-0.15, -0.1) is 0 Å². The molecule has 1 amide bonds. The summed E-state index contributed by atoms with van der Waals surface area (Å²) in [5.74, 6) is 0.111. The molecule has 0 bridgehead atoms. The van der Waals surface area contributed by atoms with E-state index in [2.05, 4.69) is 39.0 Å². The van der Waals surface area contributed by atoms with Gasteiger partial charge in [-0.25, -0.2) is 4.98 Å². The van der Waals surface area contributed by atoms with Crippen LogP contribution in [-0.4, -0.2) is 16.6 Å². The van der Waals surface area contributed by atoms with Gasteiger partial charge in [-0.05, 0) is 78.8 Å². The van der Waals surface area contributed by atoms with Crippen LogP contribution in [0.25, 0.3) is 0 Å². The normalized spacial score (nSPS) is 10.2. The van der Waals surface area contributed by atoms with E-state index < -0.39 is 0 Å². The van der Waals surface area contributed by atoms with Crippen molar-refractivity contribution in [3.63, 3.8) is 0 Å². The molecule has 6 heteroatoms. The largest absolute Gasteiger partial charge is 0.325 e. The first kappa shape index (κ1) is 17.8. The number of nitrogens with zero attached hydrogens (tertiary/aromatic N) is 2. The van der Waals surface area contributed by atoms with Crippen molar-refractivity contribution in [2.45, 2.75) is 25.8 Å². The fourth-order valence-corrected chi connectivity index (χ4v) is 3.68. The molecule has 118 valence electrons. The summed E-state index contributed by atoms with van der Waals surface area (Å²) in [7, 11) is 0. The van der Waals surface area contributed by atoms with Gasteiger partial charge in [-0.1, -0.05) is 11.8 Å². The Morgan fingerprint density at radius 1 is 1.30 bits per heavy atom. The number of hydrogen-bond acceptors (Lipinski definition) is 4. The van der Waals surface area contributed by atoms with Gasteiger partial charge in [0.15, 0.2) is 0 Å². The highest BCUT2D eigenvalue weighted by Gasteiger charge is 2.12. The van der Waals surface area contributed by atoms with Crippen molar-refractivity contribution in [3.05, 3.63) is 50.2 Å². The molecule has 0 saturated carbocycles. The van der Waals surface area contributed by atoms with Gasteiger partial charge < -0.3 is 5.32 Å². The summed E-state index contributed by atoms with van der Waals surface area (Å²) in [6.07, 6.45) is 0. The maximum Gasteiger partial charge on any atom is 0.234 e. The molecule has 0 saturated heterocycles. The molecule has 0 unspecified atom stereocenters. The van der Waals surface area contributed by atoms with Crippen molar-refractivity contribution in [2.75, 3.05) is 11.1 Å².